The first-order valence-electron chi connectivity index (χ1n) is 7.68. The summed E-state index contributed by atoms with van der Waals surface area (Å²) >= 11 is 1.36. The van der Waals surface area contributed by atoms with Crippen LogP contribution in [-0.4, -0.2) is 25.1 Å². The first kappa shape index (κ1) is 18.0. The largest absolute Gasteiger partial charge is 0.484 e. The maximum atomic E-state index is 12.1. The van der Waals surface area contributed by atoms with Gasteiger partial charge in [0.2, 0.25) is 0 Å². The fraction of sp³-hybridized carbons (Fsp3) is 0.333. The van der Waals surface area contributed by atoms with E-state index >= 15 is 0 Å². The molecule has 0 aliphatic carbocycles. The van der Waals surface area contributed by atoms with Gasteiger partial charge < -0.3 is 14.8 Å². The lowest BCUT2D eigenvalue weighted by Gasteiger charge is -2.08. The monoisotopic (exact) mass is 347 g/mol. The highest BCUT2D eigenvalue weighted by Crippen LogP contribution is 2.33. The zero-order valence-electron chi connectivity index (χ0n) is 14.3. The zero-order valence-corrected chi connectivity index (χ0v) is 15.1. The van der Waals surface area contributed by atoms with Gasteiger partial charge in [-0.3, -0.25) is 4.79 Å². The normalized spacial score (nSPS) is 10.3. The van der Waals surface area contributed by atoms with Crippen LogP contribution in [0.4, 0.5) is 5.00 Å². The Balaban J connectivity index is 2.04. The van der Waals surface area contributed by atoms with Gasteiger partial charge in [-0.05, 0) is 45.4 Å². The van der Waals surface area contributed by atoms with Crippen LogP contribution >= 0.6 is 11.3 Å². The number of hydrogen-bond acceptors (Lipinski definition) is 5. The Hall–Kier alpha value is -2.34. The highest BCUT2D eigenvalue weighted by Gasteiger charge is 2.22. The summed E-state index contributed by atoms with van der Waals surface area (Å²) in [7, 11) is 0. The molecule has 0 atom stereocenters. The number of carbonyl (C=O) groups is 2. The lowest BCUT2D eigenvalue weighted by molar-refractivity contribution is -0.118. The summed E-state index contributed by atoms with van der Waals surface area (Å²) < 4.78 is 10.5. The van der Waals surface area contributed by atoms with E-state index in [4.69, 9.17) is 9.47 Å². The molecule has 0 unspecified atom stereocenters. The molecule has 24 heavy (non-hydrogen) atoms. The van der Waals surface area contributed by atoms with Crippen molar-refractivity contribution in [3.8, 4) is 5.75 Å². The van der Waals surface area contributed by atoms with Crippen molar-refractivity contribution in [3.05, 3.63) is 45.8 Å². The SMILES string of the molecule is CCOC(=O)c1c(NC(=O)COc2ccc(C)cc2)sc(C)c1C. The van der Waals surface area contributed by atoms with Crippen molar-refractivity contribution in [3.63, 3.8) is 0 Å². The predicted molar refractivity (Wildman–Crippen MR) is 95.1 cm³/mol. The molecule has 1 amide bonds. The molecule has 5 nitrogen and oxygen atoms in total. The third kappa shape index (κ3) is 4.35. The van der Waals surface area contributed by atoms with Gasteiger partial charge in [0.15, 0.2) is 6.61 Å². The van der Waals surface area contributed by atoms with Gasteiger partial charge in [0.1, 0.15) is 10.8 Å². The standard InChI is InChI=1S/C18H21NO4S/c1-5-22-18(21)16-12(3)13(4)24-17(16)19-15(20)10-23-14-8-6-11(2)7-9-14/h6-9H,5,10H2,1-4H3,(H,19,20). The molecule has 2 rings (SSSR count). The van der Waals surface area contributed by atoms with Crippen LogP contribution in [-0.2, 0) is 9.53 Å². The fourth-order valence-corrected chi connectivity index (χ4v) is 3.17. The molecule has 1 aromatic carbocycles. The number of aryl methyl sites for hydroxylation is 2. The number of ether oxygens (including phenoxy) is 2. The minimum absolute atomic E-state index is 0.124. The Bertz CT molecular complexity index is 734. The maximum absolute atomic E-state index is 12.1. The number of benzene rings is 1. The van der Waals surface area contributed by atoms with Crippen molar-refractivity contribution >= 4 is 28.2 Å². The van der Waals surface area contributed by atoms with E-state index < -0.39 is 5.97 Å². The van der Waals surface area contributed by atoms with Crippen LogP contribution in [0.2, 0.25) is 0 Å². The van der Waals surface area contributed by atoms with Crippen molar-refractivity contribution in [1.82, 2.24) is 0 Å². The third-order valence-corrected chi connectivity index (χ3v) is 4.63. The summed E-state index contributed by atoms with van der Waals surface area (Å²) in [6.07, 6.45) is 0. The Kier molecular flexibility index (Phi) is 5.98. The average molecular weight is 347 g/mol. The molecule has 1 N–H and O–H groups in total. The summed E-state index contributed by atoms with van der Waals surface area (Å²) in [6, 6.07) is 7.45. The van der Waals surface area contributed by atoms with Crippen LogP contribution in [0.25, 0.3) is 0 Å². The molecule has 0 aliphatic heterocycles. The molecular formula is C18H21NO4S. The average Bonchev–Trinajstić information content (AvgIpc) is 2.81. The molecule has 6 heteroatoms. The van der Waals surface area contributed by atoms with Crippen LogP contribution in [0, 0.1) is 20.8 Å². The van der Waals surface area contributed by atoms with Crippen LogP contribution < -0.4 is 10.1 Å². The van der Waals surface area contributed by atoms with Crippen LogP contribution in [0.5, 0.6) is 5.75 Å². The van der Waals surface area contributed by atoms with Crippen molar-refractivity contribution in [2.24, 2.45) is 0 Å². The van der Waals surface area contributed by atoms with Crippen molar-refractivity contribution in [2.75, 3.05) is 18.5 Å². The van der Waals surface area contributed by atoms with Gasteiger partial charge in [-0.1, -0.05) is 17.7 Å². The van der Waals surface area contributed by atoms with Gasteiger partial charge in [-0.25, -0.2) is 4.79 Å². The van der Waals surface area contributed by atoms with Crippen molar-refractivity contribution < 1.29 is 19.1 Å². The van der Waals surface area contributed by atoms with Crippen LogP contribution in [0.15, 0.2) is 24.3 Å². The van der Waals surface area contributed by atoms with Crippen molar-refractivity contribution in [2.45, 2.75) is 27.7 Å². The highest BCUT2D eigenvalue weighted by molar-refractivity contribution is 7.16. The van der Waals surface area contributed by atoms with E-state index in [9.17, 15) is 9.59 Å². The van der Waals surface area contributed by atoms with Gasteiger partial charge in [-0.15, -0.1) is 11.3 Å². The predicted octanol–water partition coefficient (Wildman–Crippen LogP) is 3.87. The first-order chi connectivity index (χ1) is 11.4. The third-order valence-electron chi connectivity index (χ3n) is 3.51. The summed E-state index contributed by atoms with van der Waals surface area (Å²) in [5.74, 6) is -0.114. The van der Waals surface area contributed by atoms with E-state index in [0.29, 0.717) is 16.3 Å². The molecule has 0 saturated heterocycles. The zero-order chi connectivity index (χ0) is 17.7. The van der Waals surface area contributed by atoms with Crippen molar-refractivity contribution in [1.29, 1.82) is 0 Å². The van der Waals surface area contributed by atoms with E-state index in [1.807, 2.05) is 45.0 Å². The number of thiophene rings is 1. The Morgan fingerprint density at radius 1 is 1.12 bits per heavy atom. The van der Waals surface area contributed by atoms with E-state index in [0.717, 1.165) is 16.0 Å². The second-order valence-electron chi connectivity index (χ2n) is 5.36. The number of rotatable bonds is 6. The smallest absolute Gasteiger partial charge is 0.341 e. The Morgan fingerprint density at radius 2 is 1.79 bits per heavy atom. The quantitative estimate of drug-likeness (QED) is 0.806. The van der Waals surface area contributed by atoms with Crippen LogP contribution in [0.1, 0.15) is 33.3 Å². The summed E-state index contributed by atoms with van der Waals surface area (Å²) in [5.41, 5.74) is 2.37. The second-order valence-corrected chi connectivity index (χ2v) is 6.58. The molecule has 1 aromatic heterocycles. The van der Waals surface area contributed by atoms with E-state index in [1.165, 1.54) is 11.3 Å². The van der Waals surface area contributed by atoms with Gasteiger partial charge in [-0.2, -0.15) is 0 Å². The molecule has 0 bridgehead atoms. The maximum Gasteiger partial charge on any atom is 0.341 e. The molecule has 0 radical (unpaired) electrons. The summed E-state index contributed by atoms with van der Waals surface area (Å²) in [4.78, 5) is 25.2. The number of esters is 1. The number of hydrogen-bond donors (Lipinski definition) is 1. The molecule has 0 fully saturated rings. The molecule has 0 aliphatic rings. The summed E-state index contributed by atoms with van der Waals surface area (Å²) in [5, 5.41) is 3.25. The topological polar surface area (TPSA) is 64.6 Å². The van der Waals surface area contributed by atoms with E-state index in [-0.39, 0.29) is 19.1 Å². The Labute approximate surface area is 145 Å². The lowest BCUT2D eigenvalue weighted by Crippen LogP contribution is -2.21. The molecule has 1 heterocycles. The molecule has 0 saturated carbocycles. The molecule has 2 aromatic rings. The Morgan fingerprint density at radius 3 is 2.42 bits per heavy atom. The fourth-order valence-electron chi connectivity index (χ4n) is 2.11. The van der Waals surface area contributed by atoms with Gasteiger partial charge in [0.25, 0.3) is 5.91 Å². The van der Waals surface area contributed by atoms with Crippen LogP contribution in [0.3, 0.4) is 0 Å². The highest BCUT2D eigenvalue weighted by atomic mass is 32.1. The van der Waals surface area contributed by atoms with Gasteiger partial charge >= 0.3 is 5.97 Å². The molecule has 128 valence electrons. The number of anilines is 1. The second kappa shape index (κ2) is 7.97. The van der Waals surface area contributed by atoms with Gasteiger partial charge in [0.05, 0.1) is 12.2 Å². The number of carbonyl (C=O) groups excluding carboxylic acids is 2. The molecular weight excluding hydrogens is 326 g/mol. The number of nitrogens with one attached hydrogen (secondary N) is 1. The minimum Gasteiger partial charge on any atom is -0.484 e. The number of amides is 1. The minimum atomic E-state index is -0.422. The van der Waals surface area contributed by atoms with E-state index in [1.54, 1.807) is 6.92 Å². The summed E-state index contributed by atoms with van der Waals surface area (Å²) in [6.45, 7) is 7.64. The first-order valence-corrected chi connectivity index (χ1v) is 8.50. The molecule has 0 spiro atoms. The van der Waals surface area contributed by atoms with Gasteiger partial charge in [0, 0.05) is 4.88 Å². The van der Waals surface area contributed by atoms with E-state index in [2.05, 4.69) is 5.32 Å². The lowest BCUT2D eigenvalue weighted by atomic mass is 10.1.